The van der Waals surface area contributed by atoms with E-state index in [1.54, 1.807) is 35.9 Å². The predicted molar refractivity (Wildman–Crippen MR) is 139 cm³/mol. The third-order valence-electron chi connectivity index (χ3n) is 6.89. The van der Waals surface area contributed by atoms with E-state index in [4.69, 9.17) is 9.15 Å². The number of amides is 2. The number of hydrogen-bond acceptors (Lipinski definition) is 6. The van der Waals surface area contributed by atoms with Crippen molar-refractivity contribution in [2.75, 3.05) is 6.54 Å². The van der Waals surface area contributed by atoms with Crippen molar-refractivity contribution in [1.82, 2.24) is 15.2 Å². The molecule has 1 N–H and O–H groups in total. The van der Waals surface area contributed by atoms with Gasteiger partial charge in [0.25, 0.3) is 5.91 Å². The number of hydrogen-bond donors (Lipinski definition) is 1. The topological polar surface area (TPSA) is 84.7 Å². The molecule has 1 atom stereocenters. The van der Waals surface area contributed by atoms with Gasteiger partial charge < -0.3 is 19.4 Å². The first-order chi connectivity index (χ1) is 18.5. The predicted octanol–water partition coefficient (Wildman–Crippen LogP) is 5.27. The van der Waals surface area contributed by atoms with Crippen LogP contribution in [0.3, 0.4) is 0 Å². The average Bonchev–Trinajstić information content (AvgIpc) is 3.44. The molecule has 2 aliphatic rings. The molecule has 1 aliphatic carbocycles. The highest BCUT2D eigenvalue weighted by atomic mass is 32.1. The molecule has 1 saturated carbocycles. The van der Waals surface area contributed by atoms with E-state index in [1.165, 1.54) is 23.5 Å². The summed E-state index contributed by atoms with van der Waals surface area (Å²) in [4.78, 5) is 31.9. The number of rotatable bonds is 8. The van der Waals surface area contributed by atoms with Crippen LogP contribution in [-0.4, -0.2) is 28.2 Å². The van der Waals surface area contributed by atoms with Crippen molar-refractivity contribution < 1.29 is 23.1 Å². The van der Waals surface area contributed by atoms with Crippen LogP contribution in [0.15, 0.2) is 70.7 Å². The Bertz CT molecular complexity index is 1450. The van der Waals surface area contributed by atoms with Gasteiger partial charge >= 0.3 is 0 Å². The normalized spacial score (nSPS) is 16.7. The van der Waals surface area contributed by atoms with Crippen LogP contribution >= 0.6 is 11.3 Å². The highest BCUT2D eigenvalue weighted by molar-refractivity contribution is 7.09. The SMILES string of the molecule is O=C(NCc1ccco1)c1csc(COc2ccc3c(c2)C(c2ccc(F)cc2)N(C(=O)C2CC2)CC3)n1. The highest BCUT2D eigenvalue weighted by Crippen LogP contribution is 2.41. The Labute approximate surface area is 223 Å². The maximum atomic E-state index is 13.7. The first-order valence-corrected chi connectivity index (χ1v) is 13.5. The molecule has 9 heteroatoms. The molecule has 1 fully saturated rings. The van der Waals surface area contributed by atoms with Gasteiger partial charge in [0.15, 0.2) is 0 Å². The van der Waals surface area contributed by atoms with Crippen molar-refractivity contribution in [2.24, 2.45) is 5.92 Å². The number of thiazole rings is 1. The summed E-state index contributed by atoms with van der Waals surface area (Å²) in [5.74, 6) is 0.988. The minimum atomic E-state index is -0.306. The molecule has 38 heavy (non-hydrogen) atoms. The summed E-state index contributed by atoms with van der Waals surface area (Å²) in [5.41, 5.74) is 3.35. The fourth-order valence-corrected chi connectivity index (χ4v) is 5.47. The van der Waals surface area contributed by atoms with E-state index in [-0.39, 0.29) is 36.2 Å². The molecule has 6 rings (SSSR count). The molecule has 7 nitrogen and oxygen atoms in total. The van der Waals surface area contributed by atoms with Crippen LogP contribution in [0.1, 0.15) is 56.8 Å². The van der Waals surface area contributed by atoms with Crippen molar-refractivity contribution in [2.45, 2.75) is 38.5 Å². The zero-order chi connectivity index (χ0) is 26.1. The van der Waals surface area contributed by atoms with Gasteiger partial charge in [-0.05, 0) is 72.4 Å². The van der Waals surface area contributed by atoms with Gasteiger partial charge in [-0.3, -0.25) is 9.59 Å². The van der Waals surface area contributed by atoms with E-state index in [2.05, 4.69) is 10.3 Å². The zero-order valence-electron chi connectivity index (χ0n) is 20.6. The Kier molecular flexibility index (Phi) is 6.68. The molecule has 2 aromatic heterocycles. The minimum Gasteiger partial charge on any atom is -0.486 e. The lowest BCUT2D eigenvalue weighted by Crippen LogP contribution is -2.41. The summed E-state index contributed by atoms with van der Waals surface area (Å²) < 4.78 is 25.0. The summed E-state index contributed by atoms with van der Waals surface area (Å²) in [6.07, 6.45) is 4.18. The molecule has 0 radical (unpaired) electrons. The molecule has 0 spiro atoms. The summed E-state index contributed by atoms with van der Waals surface area (Å²) in [5, 5.41) is 5.16. The fourth-order valence-electron chi connectivity index (χ4n) is 4.79. The molecule has 194 valence electrons. The monoisotopic (exact) mass is 531 g/mol. The van der Waals surface area contributed by atoms with Gasteiger partial charge in [-0.15, -0.1) is 11.3 Å². The van der Waals surface area contributed by atoms with E-state index in [1.807, 2.05) is 23.1 Å². The Morgan fingerprint density at radius 3 is 2.76 bits per heavy atom. The maximum absolute atomic E-state index is 13.7. The van der Waals surface area contributed by atoms with E-state index in [0.717, 1.165) is 36.0 Å². The third kappa shape index (κ3) is 5.19. The van der Waals surface area contributed by atoms with E-state index >= 15 is 0 Å². The van der Waals surface area contributed by atoms with Crippen LogP contribution in [0.25, 0.3) is 0 Å². The number of halogens is 1. The first-order valence-electron chi connectivity index (χ1n) is 12.6. The van der Waals surface area contributed by atoms with E-state index in [0.29, 0.717) is 35.3 Å². The molecular formula is C29H26FN3O4S. The lowest BCUT2D eigenvalue weighted by Gasteiger charge is -2.38. The van der Waals surface area contributed by atoms with Crippen molar-refractivity contribution >= 4 is 23.2 Å². The molecule has 2 amide bonds. The highest BCUT2D eigenvalue weighted by Gasteiger charge is 2.39. The largest absolute Gasteiger partial charge is 0.486 e. The molecule has 0 bridgehead atoms. The van der Waals surface area contributed by atoms with Crippen molar-refractivity contribution in [3.8, 4) is 5.75 Å². The number of carbonyl (C=O) groups excluding carboxylic acids is 2. The summed E-state index contributed by atoms with van der Waals surface area (Å²) in [6.45, 7) is 1.13. The molecule has 1 aliphatic heterocycles. The van der Waals surface area contributed by atoms with Crippen LogP contribution in [0.4, 0.5) is 4.39 Å². The Morgan fingerprint density at radius 2 is 2.00 bits per heavy atom. The number of benzene rings is 2. The Morgan fingerprint density at radius 1 is 1.16 bits per heavy atom. The number of carbonyl (C=O) groups is 2. The Balaban J connectivity index is 1.18. The summed E-state index contributed by atoms with van der Waals surface area (Å²) in [6, 6.07) is 15.6. The van der Waals surface area contributed by atoms with Gasteiger partial charge in [-0.1, -0.05) is 18.2 Å². The number of aromatic nitrogens is 1. The van der Waals surface area contributed by atoms with Crippen LogP contribution in [0, 0.1) is 11.7 Å². The van der Waals surface area contributed by atoms with Crippen molar-refractivity contribution in [1.29, 1.82) is 0 Å². The smallest absolute Gasteiger partial charge is 0.271 e. The quantitative estimate of drug-likeness (QED) is 0.335. The molecular weight excluding hydrogens is 505 g/mol. The lowest BCUT2D eigenvalue weighted by molar-refractivity contribution is -0.134. The number of nitrogens with one attached hydrogen (secondary N) is 1. The number of nitrogens with zero attached hydrogens (tertiary/aromatic N) is 2. The van der Waals surface area contributed by atoms with Gasteiger partial charge in [0, 0.05) is 17.8 Å². The molecule has 4 aromatic rings. The first kappa shape index (κ1) is 24.4. The minimum absolute atomic E-state index is 0.0920. The lowest BCUT2D eigenvalue weighted by atomic mass is 9.87. The van der Waals surface area contributed by atoms with Gasteiger partial charge in [-0.25, -0.2) is 9.37 Å². The van der Waals surface area contributed by atoms with Crippen LogP contribution in [0.5, 0.6) is 5.75 Å². The van der Waals surface area contributed by atoms with Gasteiger partial charge in [-0.2, -0.15) is 0 Å². The van der Waals surface area contributed by atoms with Gasteiger partial charge in [0.2, 0.25) is 5.91 Å². The maximum Gasteiger partial charge on any atom is 0.271 e. The van der Waals surface area contributed by atoms with Gasteiger partial charge in [0.1, 0.15) is 34.6 Å². The number of furan rings is 1. The molecule has 0 saturated heterocycles. The summed E-state index contributed by atoms with van der Waals surface area (Å²) >= 11 is 1.35. The second kappa shape index (κ2) is 10.4. The fraction of sp³-hybridized carbons (Fsp3) is 0.276. The second-order valence-corrected chi connectivity index (χ2v) is 10.5. The number of fused-ring (bicyclic) bond motifs is 1. The van der Waals surface area contributed by atoms with Crippen LogP contribution in [-0.2, 0) is 24.4 Å². The standard InChI is InChI=1S/C29H26FN3O4S/c30-21-8-5-19(6-9-21)27-24-14-22(10-7-18(24)11-12-33(27)29(35)20-3-4-20)37-16-26-32-25(17-38-26)28(34)31-15-23-2-1-13-36-23/h1-2,5-10,13-14,17,20,27H,3-4,11-12,15-16H2,(H,31,34). The zero-order valence-corrected chi connectivity index (χ0v) is 21.4. The molecule has 2 aromatic carbocycles. The summed E-state index contributed by atoms with van der Waals surface area (Å²) in [7, 11) is 0. The Hall–Kier alpha value is -3.98. The van der Waals surface area contributed by atoms with E-state index in [9.17, 15) is 14.0 Å². The van der Waals surface area contributed by atoms with Crippen molar-refractivity contribution in [3.05, 3.63) is 105 Å². The molecule has 3 heterocycles. The van der Waals surface area contributed by atoms with Crippen LogP contribution in [0.2, 0.25) is 0 Å². The average molecular weight is 532 g/mol. The van der Waals surface area contributed by atoms with Crippen LogP contribution < -0.4 is 10.1 Å². The second-order valence-electron chi connectivity index (χ2n) is 9.55. The van der Waals surface area contributed by atoms with Gasteiger partial charge in [0.05, 0.1) is 18.8 Å². The number of ether oxygens (including phenoxy) is 1. The third-order valence-corrected chi connectivity index (χ3v) is 7.71. The van der Waals surface area contributed by atoms with Crippen molar-refractivity contribution in [3.63, 3.8) is 0 Å². The molecule has 1 unspecified atom stereocenters. The van der Waals surface area contributed by atoms with E-state index < -0.39 is 0 Å².